The van der Waals surface area contributed by atoms with E-state index in [1.807, 2.05) is 48.2 Å². The average molecular weight is 312 g/mol. The van der Waals surface area contributed by atoms with Gasteiger partial charge in [-0.25, -0.2) is 0 Å². The zero-order valence-electron chi connectivity index (χ0n) is 13.6. The van der Waals surface area contributed by atoms with E-state index < -0.39 is 0 Å². The van der Waals surface area contributed by atoms with Gasteiger partial charge in [-0.05, 0) is 50.3 Å². The number of aryl methyl sites for hydroxylation is 1. The van der Waals surface area contributed by atoms with Gasteiger partial charge in [0.1, 0.15) is 0 Å². The number of allylic oxidation sites excluding steroid dienone is 2. The highest BCUT2D eigenvalue weighted by Gasteiger charge is 2.36. The number of rotatable bonds is 3. The Morgan fingerprint density at radius 3 is 2.48 bits per heavy atom. The molecule has 3 rings (SSSR count). The fraction of sp³-hybridized carbons (Fsp3) is 0.474. The van der Waals surface area contributed by atoms with Crippen LogP contribution >= 0.6 is 0 Å². The minimum atomic E-state index is -0.270. The van der Waals surface area contributed by atoms with Crippen LogP contribution in [0.5, 0.6) is 0 Å². The van der Waals surface area contributed by atoms with Gasteiger partial charge >= 0.3 is 0 Å². The van der Waals surface area contributed by atoms with Gasteiger partial charge in [0.05, 0.1) is 11.8 Å². The van der Waals surface area contributed by atoms with Crippen LogP contribution in [0.2, 0.25) is 0 Å². The molecule has 2 amide bonds. The monoisotopic (exact) mass is 312 g/mol. The van der Waals surface area contributed by atoms with E-state index in [2.05, 4.69) is 5.32 Å². The first kappa shape index (κ1) is 15.8. The summed E-state index contributed by atoms with van der Waals surface area (Å²) in [5, 5.41) is 2.98. The van der Waals surface area contributed by atoms with Gasteiger partial charge in [-0.2, -0.15) is 0 Å². The van der Waals surface area contributed by atoms with E-state index in [0.29, 0.717) is 12.8 Å². The van der Waals surface area contributed by atoms with Crippen LogP contribution in [-0.4, -0.2) is 29.8 Å². The summed E-state index contributed by atoms with van der Waals surface area (Å²) in [6, 6.07) is 7.77. The molecule has 1 fully saturated rings. The number of hydrogen-bond acceptors (Lipinski definition) is 2. The molecule has 2 atom stereocenters. The van der Waals surface area contributed by atoms with Crippen LogP contribution in [0.4, 0.5) is 5.69 Å². The maximum atomic E-state index is 12.7. The van der Waals surface area contributed by atoms with Crippen LogP contribution in [0.3, 0.4) is 0 Å². The summed E-state index contributed by atoms with van der Waals surface area (Å²) in [5.41, 5.74) is 1.91. The Hall–Kier alpha value is -2.10. The maximum Gasteiger partial charge on any atom is 0.228 e. The van der Waals surface area contributed by atoms with Gasteiger partial charge in [0, 0.05) is 18.8 Å². The molecule has 0 aromatic heterocycles. The molecule has 23 heavy (non-hydrogen) atoms. The summed E-state index contributed by atoms with van der Waals surface area (Å²) in [7, 11) is 0. The summed E-state index contributed by atoms with van der Waals surface area (Å²) < 4.78 is 0. The molecule has 4 heteroatoms. The summed E-state index contributed by atoms with van der Waals surface area (Å²) in [6.45, 7) is 3.68. The third-order valence-electron chi connectivity index (χ3n) is 4.79. The average Bonchev–Trinajstić information content (AvgIpc) is 3.08. The molecule has 0 radical (unpaired) electrons. The lowest BCUT2D eigenvalue weighted by Crippen LogP contribution is -2.42. The lowest BCUT2D eigenvalue weighted by molar-refractivity contribution is -0.139. The molecular weight excluding hydrogens is 288 g/mol. The fourth-order valence-corrected chi connectivity index (χ4v) is 3.51. The number of anilines is 1. The van der Waals surface area contributed by atoms with Crippen molar-refractivity contribution in [1.29, 1.82) is 0 Å². The van der Waals surface area contributed by atoms with E-state index in [4.69, 9.17) is 0 Å². The number of carbonyl (C=O) groups is 2. The summed E-state index contributed by atoms with van der Waals surface area (Å²) in [5.74, 6) is -0.384. The van der Waals surface area contributed by atoms with Gasteiger partial charge in [0.25, 0.3) is 0 Å². The van der Waals surface area contributed by atoms with Crippen molar-refractivity contribution in [2.45, 2.75) is 32.6 Å². The third kappa shape index (κ3) is 3.63. The first-order chi connectivity index (χ1) is 11.1. The molecular formula is C19H24N2O2. The summed E-state index contributed by atoms with van der Waals surface area (Å²) in [4.78, 5) is 27.4. The summed E-state index contributed by atoms with van der Waals surface area (Å²) >= 11 is 0. The molecule has 0 bridgehead atoms. The van der Waals surface area contributed by atoms with Gasteiger partial charge < -0.3 is 10.2 Å². The first-order valence-electron chi connectivity index (χ1n) is 8.46. The molecule has 0 saturated carbocycles. The lowest BCUT2D eigenvalue weighted by Gasteiger charge is -2.30. The first-order valence-corrected chi connectivity index (χ1v) is 8.46. The molecule has 1 saturated heterocycles. The second-order valence-corrected chi connectivity index (χ2v) is 6.55. The van der Waals surface area contributed by atoms with E-state index >= 15 is 0 Å². The van der Waals surface area contributed by atoms with Gasteiger partial charge in [-0.15, -0.1) is 0 Å². The molecule has 1 aromatic carbocycles. The fourth-order valence-electron chi connectivity index (χ4n) is 3.51. The Bertz CT molecular complexity index is 618. The van der Waals surface area contributed by atoms with E-state index in [0.717, 1.165) is 37.2 Å². The van der Waals surface area contributed by atoms with Crippen LogP contribution in [-0.2, 0) is 9.59 Å². The van der Waals surface area contributed by atoms with Crippen LogP contribution in [0, 0.1) is 18.8 Å². The van der Waals surface area contributed by atoms with Gasteiger partial charge in [-0.1, -0.05) is 24.3 Å². The Morgan fingerprint density at radius 2 is 1.78 bits per heavy atom. The molecule has 0 spiro atoms. The Kier molecular flexibility index (Phi) is 4.79. The standard InChI is InChI=1S/C19H24N2O2/c1-14-7-6-8-15(13-14)20-18(22)16-9-2-3-10-17(16)19(23)21-11-4-5-12-21/h2-3,6-8,13,16-17H,4-5,9-12H2,1H3,(H,20,22). The molecule has 4 nitrogen and oxygen atoms in total. The predicted octanol–water partition coefficient (Wildman–Crippen LogP) is 3.14. The maximum absolute atomic E-state index is 12.7. The SMILES string of the molecule is Cc1cccc(NC(=O)C2CC=CCC2C(=O)N2CCCC2)c1. The van der Waals surface area contributed by atoms with Gasteiger partial charge in [0.15, 0.2) is 0 Å². The largest absolute Gasteiger partial charge is 0.342 e. The number of nitrogens with one attached hydrogen (secondary N) is 1. The minimum Gasteiger partial charge on any atom is -0.342 e. The minimum absolute atomic E-state index is 0.0440. The van der Waals surface area contributed by atoms with Crippen LogP contribution < -0.4 is 5.32 Å². The van der Waals surface area contributed by atoms with E-state index in [1.54, 1.807) is 0 Å². The van der Waals surface area contributed by atoms with Crippen molar-refractivity contribution in [1.82, 2.24) is 4.90 Å². The topological polar surface area (TPSA) is 49.4 Å². The highest BCUT2D eigenvalue weighted by molar-refractivity contribution is 5.96. The number of amides is 2. The molecule has 1 aromatic rings. The van der Waals surface area contributed by atoms with E-state index in [1.165, 1.54) is 0 Å². The highest BCUT2D eigenvalue weighted by Crippen LogP contribution is 2.30. The van der Waals surface area contributed by atoms with E-state index in [-0.39, 0.29) is 23.7 Å². The Morgan fingerprint density at radius 1 is 1.09 bits per heavy atom. The number of nitrogens with zero attached hydrogens (tertiary/aromatic N) is 1. The Labute approximate surface area is 137 Å². The van der Waals surface area contributed by atoms with Crippen molar-refractivity contribution in [2.75, 3.05) is 18.4 Å². The number of benzene rings is 1. The van der Waals surface area contributed by atoms with Crippen molar-refractivity contribution >= 4 is 17.5 Å². The third-order valence-corrected chi connectivity index (χ3v) is 4.79. The van der Waals surface area contributed by atoms with Gasteiger partial charge in [-0.3, -0.25) is 9.59 Å². The van der Waals surface area contributed by atoms with E-state index in [9.17, 15) is 9.59 Å². The van der Waals surface area contributed by atoms with Crippen molar-refractivity contribution in [3.63, 3.8) is 0 Å². The predicted molar refractivity (Wildman–Crippen MR) is 91.0 cm³/mol. The molecule has 2 unspecified atom stereocenters. The summed E-state index contributed by atoms with van der Waals surface area (Å²) in [6.07, 6.45) is 7.52. The smallest absolute Gasteiger partial charge is 0.228 e. The lowest BCUT2D eigenvalue weighted by atomic mass is 9.81. The number of hydrogen-bond donors (Lipinski definition) is 1. The van der Waals surface area contributed by atoms with Crippen molar-refractivity contribution in [2.24, 2.45) is 11.8 Å². The Balaban J connectivity index is 1.71. The zero-order chi connectivity index (χ0) is 16.2. The van der Waals surface area contributed by atoms with Crippen molar-refractivity contribution < 1.29 is 9.59 Å². The molecule has 1 N–H and O–H groups in total. The normalized spacial score (nSPS) is 23.8. The second-order valence-electron chi connectivity index (χ2n) is 6.55. The molecule has 1 aliphatic heterocycles. The second kappa shape index (κ2) is 6.99. The van der Waals surface area contributed by atoms with Crippen LogP contribution in [0.1, 0.15) is 31.2 Å². The van der Waals surface area contributed by atoms with Crippen molar-refractivity contribution in [3.8, 4) is 0 Å². The number of carbonyl (C=O) groups excluding carboxylic acids is 2. The molecule has 122 valence electrons. The van der Waals surface area contributed by atoms with Gasteiger partial charge in [0.2, 0.25) is 11.8 Å². The molecule has 1 aliphatic carbocycles. The van der Waals surface area contributed by atoms with Crippen molar-refractivity contribution in [3.05, 3.63) is 42.0 Å². The van der Waals surface area contributed by atoms with Crippen LogP contribution in [0.15, 0.2) is 36.4 Å². The zero-order valence-corrected chi connectivity index (χ0v) is 13.6. The number of likely N-dealkylation sites (tertiary alicyclic amines) is 1. The molecule has 1 heterocycles. The highest BCUT2D eigenvalue weighted by atomic mass is 16.2. The quantitative estimate of drug-likeness (QED) is 0.872. The van der Waals surface area contributed by atoms with Crippen LogP contribution in [0.25, 0.3) is 0 Å². The molecule has 2 aliphatic rings.